The highest BCUT2D eigenvalue weighted by molar-refractivity contribution is 7.89. The van der Waals surface area contributed by atoms with Gasteiger partial charge in [0, 0.05) is 6.04 Å². The Kier molecular flexibility index (Phi) is 2.94. The Hall–Kier alpha value is -0.870. The molecule has 0 amide bonds. The van der Waals surface area contributed by atoms with Crippen LogP contribution in [-0.4, -0.2) is 14.5 Å². The average molecular weight is 265 g/mol. The lowest BCUT2D eigenvalue weighted by atomic mass is 9.96. The molecule has 3 nitrogen and oxygen atoms in total. The summed E-state index contributed by atoms with van der Waals surface area (Å²) in [6.07, 6.45) is 4.70. The molecule has 2 fully saturated rings. The molecule has 3 atom stereocenters. The van der Waals surface area contributed by atoms with Crippen LogP contribution in [0.5, 0.6) is 0 Å². The van der Waals surface area contributed by atoms with E-state index in [2.05, 4.69) is 4.72 Å². The van der Waals surface area contributed by atoms with Gasteiger partial charge in [0.2, 0.25) is 10.0 Å². The highest BCUT2D eigenvalue weighted by Gasteiger charge is 2.41. The van der Waals surface area contributed by atoms with Crippen molar-refractivity contribution in [2.45, 2.75) is 43.5 Å². The number of aryl methyl sites for hydroxylation is 1. The maximum absolute atomic E-state index is 12.3. The van der Waals surface area contributed by atoms with E-state index >= 15 is 0 Å². The van der Waals surface area contributed by atoms with Gasteiger partial charge in [0.15, 0.2) is 0 Å². The van der Waals surface area contributed by atoms with Gasteiger partial charge in [-0.2, -0.15) is 0 Å². The highest BCUT2D eigenvalue weighted by atomic mass is 32.2. The van der Waals surface area contributed by atoms with Gasteiger partial charge in [0.25, 0.3) is 0 Å². The summed E-state index contributed by atoms with van der Waals surface area (Å²) in [5, 5.41) is 0. The number of sulfonamides is 1. The van der Waals surface area contributed by atoms with Crippen LogP contribution in [0.3, 0.4) is 0 Å². The number of nitrogens with one attached hydrogen (secondary N) is 1. The molecule has 2 saturated carbocycles. The molecule has 0 aromatic heterocycles. The first-order valence-corrected chi connectivity index (χ1v) is 8.12. The Morgan fingerprint density at radius 3 is 2.39 bits per heavy atom. The second kappa shape index (κ2) is 4.35. The van der Waals surface area contributed by atoms with Crippen LogP contribution in [0, 0.1) is 18.8 Å². The molecule has 0 aliphatic heterocycles. The first-order chi connectivity index (χ1) is 8.54. The van der Waals surface area contributed by atoms with Gasteiger partial charge in [-0.05, 0) is 50.2 Å². The molecular formula is C14H19NO2S. The molecule has 1 aromatic rings. The first kappa shape index (κ1) is 12.2. The Bertz CT molecular complexity index is 535. The Morgan fingerprint density at radius 2 is 1.83 bits per heavy atom. The van der Waals surface area contributed by atoms with E-state index in [1.54, 1.807) is 12.1 Å². The minimum Gasteiger partial charge on any atom is -0.208 e. The molecule has 0 heterocycles. The molecule has 0 spiro atoms. The van der Waals surface area contributed by atoms with Crippen molar-refractivity contribution in [3.63, 3.8) is 0 Å². The molecule has 0 saturated heterocycles. The van der Waals surface area contributed by atoms with Crippen molar-refractivity contribution >= 4 is 10.0 Å². The van der Waals surface area contributed by atoms with Crippen LogP contribution in [0.2, 0.25) is 0 Å². The van der Waals surface area contributed by atoms with Crippen molar-refractivity contribution < 1.29 is 8.42 Å². The third-order valence-electron chi connectivity index (χ3n) is 4.38. The van der Waals surface area contributed by atoms with E-state index in [0.717, 1.165) is 17.9 Å². The lowest BCUT2D eigenvalue weighted by Crippen LogP contribution is -2.38. The summed E-state index contributed by atoms with van der Waals surface area (Å²) in [6, 6.07) is 7.22. The third kappa shape index (κ3) is 2.19. The van der Waals surface area contributed by atoms with E-state index in [1.807, 2.05) is 19.1 Å². The lowest BCUT2D eigenvalue weighted by molar-refractivity contribution is 0.390. The van der Waals surface area contributed by atoms with Crippen molar-refractivity contribution in [1.29, 1.82) is 0 Å². The Balaban J connectivity index is 1.77. The van der Waals surface area contributed by atoms with Crippen LogP contribution in [0.1, 0.15) is 31.2 Å². The largest absolute Gasteiger partial charge is 0.240 e. The minimum absolute atomic E-state index is 0.162. The number of hydrogen-bond donors (Lipinski definition) is 1. The maximum Gasteiger partial charge on any atom is 0.240 e. The molecule has 98 valence electrons. The van der Waals surface area contributed by atoms with E-state index < -0.39 is 10.0 Å². The minimum atomic E-state index is -3.33. The second-order valence-electron chi connectivity index (χ2n) is 5.72. The standard InChI is InChI=1S/C14H19NO2S/c1-10-2-6-13(7-3-10)18(16,17)15-14-9-11-4-5-12(14)8-11/h2-3,6-7,11-12,14-15H,4-5,8-9H2,1H3/t11-,12+,14-/m1/s1. The molecule has 0 radical (unpaired) electrons. The summed E-state index contributed by atoms with van der Waals surface area (Å²) in [5.41, 5.74) is 1.08. The monoisotopic (exact) mass is 265 g/mol. The van der Waals surface area contributed by atoms with Gasteiger partial charge in [-0.1, -0.05) is 24.1 Å². The zero-order valence-corrected chi connectivity index (χ0v) is 11.4. The molecule has 1 aromatic carbocycles. The molecule has 18 heavy (non-hydrogen) atoms. The van der Waals surface area contributed by atoms with E-state index in [0.29, 0.717) is 10.8 Å². The topological polar surface area (TPSA) is 46.2 Å². The van der Waals surface area contributed by atoms with Gasteiger partial charge in [-0.3, -0.25) is 0 Å². The molecule has 1 N–H and O–H groups in total. The Morgan fingerprint density at radius 1 is 1.11 bits per heavy atom. The van der Waals surface area contributed by atoms with Crippen LogP contribution in [0.25, 0.3) is 0 Å². The van der Waals surface area contributed by atoms with E-state index in [4.69, 9.17) is 0 Å². The quantitative estimate of drug-likeness (QED) is 0.912. The molecule has 2 aliphatic carbocycles. The molecular weight excluding hydrogens is 246 g/mol. The summed E-state index contributed by atoms with van der Waals surface area (Å²) < 4.78 is 27.4. The van der Waals surface area contributed by atoms with E-state index in [1.165, 1.54) is 19.3 Å². The van der Waals surface area contributed by atoms with Crippen molar-refractivity contribution in [3.05, 3.63) is 29.8 Å². The third-order valence-corrected chi connectivity index (χ3v) is 5.88. The second-order valence-corrected chi connectivity index (χ2v) is 7.43. The van der Waals surface area contributed by atoms with Gasteiger partial charge in [-0.15, -0.1) is 0 Å². The van der Waals surface area contributed by atoms with Gasteiger partial charge >= 0.3 is 0 Å². The number of fused-ring (bicyclic) bond motifs is 2. The fourth-order valence-corrected chi connectivity index (χ4v) is 4.69. The maximum atomic E-state index is 12.3. The highest BCUT2D eigenvalue weighted by Crippen LogP contribution is 2.44. The summed E-state index contributed by atoms with van der Waals surface area (Å²) in [6.45, 7) is 1.96. The Labute approximate surface area is 109 Å². The number of hydrogen-bond acceptors (Lipinski definition) is 2. The van der Waals surface area contributed by atoms with Crippen LogP contribution in [-0.2, 0) is 10.0 Å². The fourth-order valence-electron chi connectivity index (χ4n) is 3.37. The smallest absolute Gasteiger partial charge is 0.208 e. The van der Waals surface area contributed by atoms with Gasteiger partial charge in [0.05, 0.1) is 4.90 Å². The van der Waals surface area contributed by atoms with Crippen LogP contribution in [0.4, 0.5) is 0 Å². The van der Waals surface area contributed by atoms with Gasteiger partial charge in [-0.25, -0.2) is 13.1 Å². The van der Waals surface area contributed by atoms with Gasteiger partial charge in [0.1, 0.15) is 0 Å². The van der Waals surface area contributed by atoms with Crippen LogP contribution >= 0.6 is 0 Å². The van der Waals surface area contributed by atoms with E-state index in [9.17, 15) is 8.42 Å². The van der Waals surface area contributed by atoms with Gasteiger partial charge < -0.3 is 0 Å². The predicted molar refractivity (Wildman–Crippen MR) is 70.7 cm³/mol. The van der Waals surface area contributed by atoms with Crippen molar-refractivity contribution in [1.82, 2.24) is 4.72 Å². The first-order valence-electron chi connectivity index (χ1n) is 6.63. The summed E-state index contributed by atoms with van der Waals surface area (Å²) in [4.78, 5) is 0.385. The predicted octanol–water partition coefficient (Wildman–Crippen LogP) is 2.46. The number of benzene rings is 1. The summed E-state index contributed by atoms with van der Waals surface area (Å²) in [7, 11) is -3.33. The average Bonchev–Trinajstić information content (AvgIpc) is 2.91. The lowest BCUT2D eigenvalue weighted by Gasteiger charge is -2.22. The molecule has 3 rings (SSSR count). The summed E-state index contributed by atoms with van der Waals surface area (Å²) >= 11 is 0. The molecule has 2 aliphatic rings. The summed E-state index contributed by atoms with van der Waals surface area (Å²) in [5.74, 6) is 1.32. The van der Waals surface area contributed by atoms with Crippen molar-refractivity contribution in [3.8, 4) is 0 Å². The van der Waals surface area contributed by atoms with Crippen LogP contribution in [0.15, 0.2) is 29.2 Å². The fraction of sp³-hybridized carbons (Fsp3) is 0.571. The molecule has 4 heteroatoms. The molecule has 2 bridgehead atoms. The SMILES string of the molecule is Cc1ccc(S(=O)(=O)N[C@@H]2C[C@@H]3CC[C@H]2C3)cc1. The van der Waals surface area contributed by atoms with Crippen LogP contribution < -0.4 is 4.72 Å². The van der Waals surface area contributed by atoms with Crippen molar-refractivity contribution in [2.24, 2.45) is 11.8 Å². The zero-order chi connectivity index (χ0) is 12.8. The van der Waals surface area contributed by atoms with Crippen molar-refractivity contribution in [2.75, 3.05) is 0 Å². The normalized spacial score (nSPS) is 30.8. The number of rotatable bonds is 3. The zero-order valence-electron chi connectivity index (χ0n) is 10.6. The van der Waals surface area contributed by atoms with E-state index in [-0.39, 0.29) is 6.04 Å². The molecule has 0 unspecified atom stereocenters.